The van der Waals surface area contributed by atoms with Gasteiger partial charge in [0, 0.05) is 18.9 Å². The molecule has 4 rings (SSSR count). The standard InChI is InChI=1S/C21H20N4O7S/c1-25-17-10-12(2-7-15(17)20(23-25)16-8-9-18(26)22-21(16)29)24-33(30,31)14-5-3-13(4-6-14)32-11-19(27)28/h2-7,10,16,24H,8-9,11H2,1H3,(H,27,28)(H,22,26,29). The smallest absolute Gasteiger partial charge is 0.341 e. The van der Waals surface area contributed by atoms with Crippen molar-refractivity contribution < 1.29 is 32.6 Å². The van der Waals surface area contributed by atoms with E-state index in [2.05, 4.69) is 15.1 Å². The molecule has 1 aliphatic heterocycles. The van der Waals surface area contributed by atoms with Gasteiger partial charge in [0.25, 0.3) is 10.0 Å². The van der Waals surface area contributed by atoms with Crippen molar-refractivity contribution in [2.24, 2.45) is 7.05 Å². The largest absolute Gasteiger partial charge is 0.482 e. The van der Waals surface area contributed by atoms with Gasteiger partial charge in [0.1, 0.15) is 5.75 Å². The van der Waals surface area contributed by atoms with Gasteiger partial charge in [0.15, 0.2) is 6.61 Å². The molecule has 1 saturated heterocycles. The van der Waals surface area contributed by atoms with Gasteiger partial charge in [-0.3, -0.25) is 24.3 Å². The number of nitrogens with zero attached hydrogens (tertiary/aromatic N) is 2. The molecule has 33 heavy (non-hydrogen) atoms. The van der Waals surface area contributed by atoms with Crippen LogP contribution < -0.4 is 14.8 Å². The predicted octanol–water partition coefficient (Wildman–Crippen LogP) is 1.36. The van der Waals surface area contributed by atoms with Crippen LogP contribution in [-0.2, 0) is 31.5 Å². The maximum absolute atomic E-state index is 12.8. The molecule has 2 heterocycles. The highest BCUT2D eigenvalue weighted by atomic mass is 32.2. The maximum atomic E-state index is 12.8. The summed E-state index contributed by atoms with van der Waals surface area (Å²) in [5, 5.41) is 16.1. The molecular formula is C21H20N4O7S. The molecule has 1 atom stereocenters. The zero-order valence-electron chi connectivity index (χ0n) is 17.4. The van der Waals surface area contributed by atoms with Crippen LogP contribution in [0.4, 0.5) is 5.69 Å². The first-order valence-electron chi connectivity index (χ1n) is 9.92. The second kappa shape index (κ2) is 8.54. The number of benzene rings is 2. The number of carboxylic acid groups (broad SMARTS) is 1. The number of rotatable bonds is 7. The predicted molar refractivity (Wildman–Crippen MR) is 116 cm³/mol. The number of imide groups is 1. The lowest BCUT2D eigenvalue weighted by atomic mass is 9.93. The lowest BCUT2D eigenvalue weighted by Crippen LogP contribution is -2.39. The topological polar surface area (TPSA) is 157 Å². The number of hydrogen-bond donors (Lipinski definition) is 3. The van der Waals surface area contributed by atoms with Crippen LogP contribution in [0.2, 0.25) is 0 Å². The molecule has 0 spiro atoms. The van der Waals surface area contributed by atoms with Gasteiger partial charge in [-0.25, -0.2) is 13.2 Å². The van der Waals surface area contributed by atoms with Crippen LogP contribution in [0.3, 0.4) is 0 Å². The van der Waals surface area contributed by atoms with E-state index in [4.69, 9.17) is 9.84 Å². The quantitative estimate of drug-likeness (QED) is 0.435. The summed E-state index contributed by atoms with van der Waals surface area (Å²) in [5.41, 5.74) is 1.45. The van der Waals surface area contributed by atoms with Crippen molar-refractivity contribution in [2.75, 3.05) is 11.3 Å². The zero-order valence-corrected chi connectivity index (χ0v) is 18.3. The molecular weight excluding hydrogens is 452 g/mol. The Kier molecular flexibility index (Phi) is 5.77. The molecule has 3 aromatic rings. The molecule has 1 aromatic heterocycles. The molecule has 0 aliphatic carbocycles. The Balaban J connectivity index is 1.57. The van der Waals surface area contributed by atoms with Crippen molar-refractivity contribution in [3.63, 3.8) is 0 Å². The molecule has 2 aromatic carbocycles. The minimum atomic E-state index is -3.92. The van der Waals surface area contributed by atoms with E-state index in [0.717, 1.165) is 0 Å². The second-order valence-corrected chi connectivity index (χ2v) is 9.19. The Morgan fingerprint density at radius 2 is 1.97 bits per heavy atom. The molecule has 3 N–H and O–H groups in total. The second-order valence-electron chi connectivity index (χ2n) is 7.50. The third-order valence-electron chi connectivity index (χ3n) is 5.20. The Bertz CT molecular complexity index is 1360. The van der Waals surface area contributed by atoms with Crippen molar-refractivity contribution in [1.29, 1.82) is 0 Å². The molecule has 2 amide bonds. The van der Waals surface area contributed by atoms with E-state index < -0.39 is 34.4 Å². The molecule has 172 valence electrons. The number of carboxylic acids is 1. The summed E-state index contributed by atoms with van der Waals surface area (Å²) in [5.74, 6) is -2.18. The number of hydrogen-bond acceptors (Lipinski definition) is 7. The zero-order chi connectivity index (χ0) is 23.8. The first-order valence-corrected chi connectivity index (χ1v) is 11.4. The molecule has 1 unspecified atom stereocenters. The molecule has 11 nitrogen and oxygen atoms in total. The monoisotopic (exact) mass is 472 g/mol. The van der Waals surface area contributed by atoms with E-state index in [1.165, 1.54) is 24.3 Å². The Morgan fingerprint density at radius 3 is 2.64 bits per heavy atom. The summed E-state index contributed by atoms with van der Waals surface area (Å²) < 4.78 is 34.6. The minimum Gasteiger partial charge on any atom is -0.482 e. The molecule has 0 bridgehead atoms. The Hall–Kier alpha value is -3.93. The summed E-state index contributed by atoms with van der Waals surface area (Å²) >= 11 is 0. The van der Waals surface area contributed by atoms with Crippen LogP contribution in [0, 0.1) is 0 Å². The number of nitrogens with one attached hydrogen (secondary N) is 2. The normalized spacial score (nSPS) is 16.5. The third kappa shape index (κ3) is 4.65. The van der Waals surface area contributed by atoms with E-state index in [0.29, 0.717) is 28.7 Å². The van der Waals surface area contributed by atoms with Crippen LogP contribution in [0.25, 0.3) is 10.9 Å². The summed E-state index contributed by atoms with van der Waals surface area (Å²) in [7, 11) is -2.24. The number of anilines is 1. The summed E-state index contributed by atoms with van der Waals surface area (Å²) in [6.45, 7) is -0.532. The lowest BCUT2D eigenvalue weighted by Gasteiger charge is -2.19. The highest BCUT2D eigenvalue weighted by Crippen LogP contribution is 2.32. The van der Waals surface area contributed by atoms with Gasteiger partial charge >= 0.3 is 5.97 Å². The van der Waals surface area contributed by atoms with E-state index >= 15 is 0 Å². The summed E-state index contributed by atoms with van der Waals surface area (Å²) in [6.07, 6.45) is 0.587. The number of amides is 2. The number of aryl methyl sites for hydroxylation is 1. The van der Waals surface area contributed by atoms with E-state index in [9.17, 15) is 22.8 Å². The van der Waals surface area contributed by atoms with Gasteiger partial charge in [0.2, 0.25) is 11.8 Å². The maximum Gasteiger partial charge on any atom is 0.341 e. The SMILES string of the molecule is Cn1nc(C2CCC(=O)NC2=O)c2ccc(NS(=O)(=O)c3ccc(OCC(=O)O)cc3)cc21. The van der Waals surface area contributed by atoms with Crippen molar-refractivity contribution >= 4 is 44.4 Å². The van der Waals surface area contributed by atoms with Gasteiger partial charge in [0.05, 0.1) is 27.7 Å². The van der Waals surface area contributed by atoms with Gasteiger partial charge < -0.3 is 9.84 Å². The molecule has 0 radical (unpaired) electrons. The van der Waals surface area contributed by atoms with Crippen LogP contribution in [0.5, 0.6) is 5.75 Å². The summed E-state index contributed by atoms with van der Waals surface area (Å²) in [6, 6.07) is 10.2. The fraction of sp³-hybridized carbons (Fsp3) is 0.238. The van der Waals surface area contributed by atoms with Crippen LogP contribution in [0.1, 0.15) is 24.5 Å². The molecule has 1 aliphatic rings. The van der Waals surface area contributed by atoms with Gasteiger partial charge in [-0.05, 0) is 48.9 Å². The number of carbonyl (C=O) groups excluding carboxylic acids is 2. The van der Waals surface area contributed by atoms with E-state index in [1.807, 2.05) is 0 Å². The number of ether oxygens (including phenoxy) is 1. The van der Waals surface area contributed by atoms with Crippen molar-refractivity contribution in [2.45, 2.75) is 23.7 Å². The fourth-order valence-electron chi connectivity index (χ4n) is 3.63. The fourth-order valence-corrected chi connectivity index (χ4v) is 4.68. The van der Waals surface area contributed by atoms with Gasteiger partial charge in [-0.1, -0.05) is 0 Å². The molecule has 0 saturated carbocycles. The highest BCUT2D eigenvalue weighted by Gasteiger charge is 2.31. The average Bonchev–Trinajstić information content (AvgIpc) is 3.08. The average molecular weight is 472 g/mol. The van der Waals surface area contributed by atoms with Gasteiger partial charge in [-0.15, -0.1) is 0 Å². The van der Waals surface area contributed by atoms with Crippen LogP contribution in [-0.4, -0.2) is 47.7 Å². The number of piperidine rings is 1. The van der Waals surface area contributed by atoms with Gasteiger partial charge in [-0.2, -0.15) is 5.10 Å². The lowest BCUT2D eigenvalue weighted by molar-refractivity contribution is -0.139. The first-order chi connectivity index (χ1) is 15.6. The minimum absolute atomic E-state index is 0.0282. The van der Waals surface area contributed by atoms with E-state index in [1.54, 1.807) is 29.9 Å². The van der Waals surface area contributed by atoms with E-state index in [-0.39, 0.29) is 23.0 Å². The molecule has 1 fully saturated rings. The third-order valence-corrected chi connectivity index (χ3v) is 6.60. The first kappa shape index (κ1) is 22.3. The van der Waals surface area contributed by atoms with Crippen LogP contribution in [0.15, 0.2) is 47.4 Å². The van der Waals surface area contributed by atoms with Crippen molar-refractivity contribution in [3.8, 4) is 5.75 Å². The summed E-state index contributed by atoms with van der Waals surface area (Å²) in [4.78, 5) is 34.2. The number of aromatic nitrogens is 2. The van der Waals surface area contributed by atoms with Crippen LogP contribution >= 0.6 is 0 Å². The molecule has 12 heteroatoms. The number of carbonyl (C=O) groups is 3. The van der Waals surface area contributed by atoms with Crippen molar-refractivity contribution in [1.82, 2.24) is 15.1 Å². The Morgan fingerprint density at radius 1 is 1.24 bits per heavy atom. The highest BCUT2D eigenvalue weighted by molar-refractivity contribution is 7.92. The number of aliphatic carboxylic acids is 1. The Labute approximate surface area is 188 Å². The number of sulfonamides is 1. The van der Waals surface area contributed by atoms with Crippen molar-refractivity contribution in [3.05, 3.63) is 48.2 Å². The number of fused-ring (bicyclic) bond motifs is 1.